The van der Waals surface area contributed by atoms with E-state index in [0.717, 1.165) is 24.2 Å². The monoisotopic (exact) mass is 233 g/mol. The highest BCUT2D eigenvalue weighted by molar-refractivity contribution is 5.00. The molecule has 4 atom stereocenters. The largest absolute Gasteiger partial charge is 0.316 e. The lowest BCUT2D eigenvalue weighted by atomic mass is 9.66. The SMILES string of the molecule is CC#CCC(NC)C1CCC2CCCCC2C1. The van der Waals surface area contributed by atoms with Gasteiger partial charge < -0.3 is 5.32 Å². The molecule has 1 N–H and O–H groups in total. The van der Waals surface area contributed by atoms with Crippen LogP contribution < -0.4 is 5.32 Å². The van der Waals surface area contributed by atoms with E-state index in [2.05, 4.69) is 24.2 Å². The van der Waals surface area contributed by atoms with E-state index < -0.39 is 0 Å². The van der Waals surface area contributed by atoms with Crippen molar-refractivity contribution < 1.29 is 0 Å². The second-order valence-corrected chi connectivity index (χ2v) is 5.90. The maximum atomic E-state index is 3.50. The van der Waals surface area contributed by atoms with E-state index in [0.29, 0.717) is 6.04 Å². The molecule has 4 unspecified atom stereocenters. The van der Waals surface area contributed by atoms with Crippen LogP contribution in [0.25, 0.3) is 0 Å². The van der Waals surface area contributed by atoms with Crippen LogP contribution in [-0.2, 0) is 0 Å². The summed E-state index contributed by atoms with van der Waals surface area (Å²) in [5, 5.41) is 3.50. The van der Waals surface area contributed by atoms with Gasteiger partial charge in [0.15, 0.2) is 0 Å². The van der Waals surface area contributed by atoms with Crippen LogP contribution in [0.2, 0.25) is 0 Å². The number of hydrogen-bond donors (Lipinski definition) is 1. The third-order valence-electron chi connectivity index (χ3n) is 5.02. The molecule has 1 heteroatoms. The van der Waals surface area contributed by atoms with Gasteiger partial charge in [0.05, 0.1) is 0 Å². The minimum Gasteiger partial charge on any atom is -0.316 e. The Morgan fingerprint density at radius 2 is 1.88 bits per heavy atom. The van der Waals surface area contributed by atoms with E-state index in [9.17, 15) is 0 Å². The highest BCUT2D eigenvalue weighted by Gasteiger charge is 2.34. The van der Waals surface area contributed by atoms with Gasteiger partial charge in [-0.2, -0.15) is 0 Å². The van der Waals surface area contributed by atoms with Gasteiger partial charge in [-0.15, -0.1) is 11.8 Å². The molecule has 2 aliphatic rings. The number of hydrogen-bond acceptors (Lipinski definition) is 1. The summed E-state index contributed by atoms with van der Waals surface area (Å²) >= 11 is 0. The standard InChI is InChI=1S/C16H27N/c1-3-4-9-16(17-2)15-11-10-13-7-5-6-8-14(13)12-15/h13-17H,5-12H2,1-2H3. The molecule has 1 nitrogen and oxygen atoms in total. The minimum atomic E-state index is 0.630. The van der Waals surface area contributed by atoms with Crippen molar-refractivity contribution in [2.24, 2.45) is 17.8 Å². The van der Waals surface area contributed by atoms with Crippen molar-refractivity contribution in [2.75, 3.05) is 7.05 Å². The Kier molecular flexibility index (Phi) is 4.92. The summed E-state index contributed by atoms with van der Waals surface area (Å²) in [4.78, 5) is 0. The molecule has 0 saturated heterocycles. The molecule has 17 heavy (non-hydrogen) atoms. The fraction of sp³-hybridized carbons (Fsp3) is 0.875. The van der Waals surface area contributed by atoms with E-state index in [1.165, 1.54) is 44.9 Å². The Labute approximate surface area is 107 Å². The third-order valence-corrected chi connectivity index (χ3v) is 5.02. The van der Waals surface area contributed by atoms with Crippen LogP contribution in [0.15, 0.2) is 0 Å². The van der Waals surface area contributed by atoms with Crippen LogP contribution in [0, 0.1) is 29.6 Å². The van der Waals surface area contributed by atoms with Crippen molar-refractivity contribution in [2.45, 2.75) is 64.3 Å². The van der Waals surface area contributed by atoms with Crippen molar-refractivity contribution in [3.8, 4) is 11.8 Å². The van der Waals surface area contributed by atoms with Crippen LogP contribution in [0.1, 0.15) is 58.3 Å². The molecule has 0 heterocycles. The molecule has 0 amide bonds. The summed E-state index contributed by atoms with van der Waals surface area (Å²) in [6, 6.07) is 0.630. The zero-order valence-electron chi connectivity index (χ0n) is 11.5. The van der Waals surface area contributed by atoms with E-state index in [4.69, 9.17) is 0 Å². The molecule has 0 bridgehead atoms. The second kappa shape index (κ2) is 6.45. The van der Waals surface area contributed by atoms with E-state index in [1.807, 2.05) is 6.92 Å². The van der Waals surface area contributed by atoms with E-state index in [-0.39, 0.29) is 0 Å². The zero-order valence-corrected chi connectivity index (χ0v) is 11.5. The summed E-state index contributed by atoms with van der Waals surface area (Å²) in [7, 11) is 2.11. The van der Waals surface area contributed by atoms with Crippen molar-refractivity contribution in [3.05, 3.63) is 0 Å². The fourth-order valence-electron chi connectivity index (χ4n) is 3.99. The van der Waals surface area contributed by atoms with Gasteiger partial charge in [-0.1, -0.05) is 25.7 Å². The van der Waals surface area contributed by atoms with Crippen LogP contribution >= 0.6 is 0 Å². The third kappa shape index (κ3) is 3.26. The lowest BCUT2D eigenvalue weighted by molar-refractivity contribution is 0.112. The highest BCUT2D eigenvalue weighted by atomic mass is 14.9. The van der Waals surface area contributed by atoms with Crippen molar-refractivity contribution in [1.29, 1.82) is 0 Å². The molecule has 0 aromatic carbocycles. The number of rotatable bonds is 3. The minimum absolute atomic E-state index is 0.630. The number of nitrogens with one attached hydrogen (secondary N) is 1. The first-order valence-electron chi connectivity index (χ1n) is 7.42. The van der Waals surface area contributed by atoms with Gasteiger partial charge in [-0.25, -0.2) is 0 Å². The van der Waals surface area contributed by atoms with Gasteiger partial charge in [-0.3, -0.25) is 0 Å². The first-order valence-corrected chi connectivity index (χ1v) is 7.42. The van der Waals surface area contributed by atoms with Crippen molar-refractivity contribution >= 4 is 0 Å². The van der Waals surface area contributed by atoms with Crippen LogP contribution in [-0.4, -0.2) is 13.1 Å². The fourth-order valence-corrected chi connectivity index (χ4v) is 3.99. The maximum absolute atomic E-state index is 3.50. The second-order valence-electron chi connectivity index (χ2n) is 5.90. The molecule has 2 saturated carbocycles. The molecule has 96 valence electrons. The predicted octanol–water partition coefficient (Wildman–Crippen LogP) is 3.59. The molecule has 2 aliphatic carbocycles. The molecule has 0 aromatic rings. The summed E-state index contributed by atoms with van der Waals surface area (Å²) in [6.07, 6.45) is 11.4. The average Bonchev–Trinajstić information content (AvgIpc) is 2.39. The Hall–Kier alpha value is -0.480. The number of fused-ring (bicyclic) bond motifs is 1. The lowest BCUT2D eigenvalue weighted by Crippen LogP contribution is -2.39. The van der Waals surface area contributed by atoms with Crippen LogP contribution in [0.5, 0.6) is 0 Å². The Morgan fingerprint density at radius 1 is 1.12 bits per heavy atom. The van der Waals surface area contributed by atoms with Gasteiger partial charge in [-0.05, 0) is 51.0 Å². The summed E-state index contributed by atoms with van der Waals surface area (Å²) in [6.45, 7) is 1.95. The van der Waals surface area contributed by atoms with Crippen LogP contribution in [0.3, 0.4) is 0 Å². The first kappa shape index (κ1) is 13.0. The lowest BCUT2D eigenvalue weighted by Gasteiger charge is -2.41. The van der Waals surface area contributed by atoms with Crippen molar-refractivity contribution in [3.63, 3.8) is 0 Å². The molecule has 0 aromatic heterocycles. The smallest absolute Gasteiger partial charge is 0.0245 e. The van der Waals surface area contributed by atoms with E-state index >= 15 is 0 Å². The van der Waals surface area contributed by atoms with Gasteiger partial charge >= 0.3 is 0 Å². The van der Waals surface area contributed by atoms with Crippen molar-refractivity contribution in [1.82, 2.24) is 5.32 Å². The summed E-state index contributed by atoms with van der Waals surface area (Å²) in [5.41, 5.74) is 0. The first-order chi connectivity index (χ1) is 8.35. The van der Waals surface area contributed by atoms with E-state index in [1.54, 1.807) is 0 Å². The van der Waals surface area contributed by atoms with Gasteiger partial charge in [0.2, 0.25) is 0 Å². The molecule has 2 rings (SSSR count). The van der Waals surface area contributed by atoms with Crippen LogP contribution in [0.4, 0.5) is 0 Å². The zero-order chi connectivity index (χ0) is 12.1. The highest BCUT2D eigenvalue weighted by Crippen LogP contribution is 2.43. The quantitative estimate of drug-likeness (QED) is 0.735. The predicted molar refractivity (Wildman–Crippen MR) is 73.7 cm³/mol. The Morgan fingerprint density at radius 3 is 2.59 bits per heavy atom. The molecular formula is C16H27N. The molecule has 0 radical (unpaired) electrons. The Balaban J connectivity index is 1.90. The normalized spacial score (nSPS) is 34.4. The maximum Gasteiger partial charge on any atom is 0.0245 e. The summed E-state index contributed by atoms with van der Waals surface area (Å²) < 4.78 is 0. The Bertz CT molecular complexity index is 286. The topological polar surface area (TPSA) is 12.0 Å². The summed E-state index contributed by atoms with van der Waals surface area (Å²) in [5.74, 6) is 9.27. The molecule has 0 aliphatic heterocycles. The van der Waals surface area contributed by atoms with Gasteiger partial charge in [0.1, 0.15) is 0 Å². The molecule has 0 spiro atoms. The molecule has 2 fully saturated rings. The average molecular weight is 233 g/mol. The van der Waals surface area contributed by atoms with Gasteiger partial charge in [0.25, 0.3) is 0 Å². The molecular weight excluding hydrogens is 206 g/mol. The van der Waals surface area contributed by atoms with Gasteiger partial charge in [0, 0.05) is 12.5 Å².